The predicted molar refractivity (Wildman–Crippen MR) is 119 cm³/mol. The average Bonchev–Trinajstić information content (AvgIpc) is 3.23. The number of nitrogens with one attached hydrogen (secondary N) is 1. The molecular weight excluding hydrogens is 388 g/mol. The van der Waals surface area contributed by atoms with Crippen LogP contribution in [0.1, 0.15) is 49.4 Å². The van der Waals surface area contributed by atoms with Crippen molar-refractivity contribution in [1.29, 1.82) is 0 Å². The van der Waals surface area contributed by atoms with Gasteiger partial charge >= 0.3 is 0 Å². The number of hydrogen-bond acceptors (Lipinski definition) is 5. The Balaban J connectivity index is 1.32. The first-order chi connectivity index (χ1) is 15.1. The standard InChI is InChI=1S/C25H30N4O2/c1-18-7-9-20(10-8-18)23(30)29-12-11-25(16-29)17-31-15-21-14-27-24(28-22(21)25)26-13-19-5-3-2-4-6-19/h2-7,14,20H,8-13,15-17H2,1H3,(H,26,27,28)/t20-,25?/m1/s1. The van der Waals surface area contributed by atoms with Gasteiger partial charge in [0.1, 0.15) is 0 Å². The summed E-state index contributed by atoms with van der Waals surface area (Å²) < 4.78 is 5.94. The topological polar surface area (TPSA) is 67.4 Å². The maximum absolute atomic E-state index is 13.2. The summed E-state index contributed by atoms with van der Waals surface area (Å²) in [6, 6.07) is 10.3. The second kappa shape index (κ2) is 8.42. The first-order valence-electron chi connectivity index (χ1n) is 11.3. The van der Waals surface area contributed by atoms with E-state index in [0.29, 0.717) is 38.2 Å². The largest absolute Gasteiger partial charge is 0.376 e. The molecule has 2 atom stereocenters. The summed E-state index contributed by atoms with van der Waals surface area (Å²) in [5, 5.41) is 3.36. The number of aromatic nitrogens is 2. The molecule has 6 heteroatoms. The Labute approximate surface area is 183 Å². The molecule has 162 valence electrons. The molecule has 1 fully saturated rings. The highest BCUT2D eigenvalue weighted by Crippen LogP contribution is 2.40. The number of benzene rings is 1. The summed E-state index contributed by atoms with van der Waals surface area (Å²) in [6.07, 6.45) is 7.88. The Morgan fingerprint density at radius 2 is 2.19 bits per heavy atom. The molecule has 0 radical (unpaired) electrons. The molecule has 1 unspecified atom stereocenters. The van der Waals surface area contributed by atoms with Crippen molar-refractivity contribution in [2.45, 2.75) is 51.2 Å². The quantitative estimate of drug-likeness (QED) is 0.765. The molecule has 2 aromatic rings. The van der Waals surface area contributed by atoms with Crippen LogP contribution in [-0.2, 0) is 28.1 Å². The minimum Gasteiger partial charge on any atom is -0.376 e. The van der Waals surface area contributed by atoms with Crippen molar-refractivity contribution >= 4 is 11.9 Å². The SMILES string of the molecule is CC1=CC[C@@H](C(=O)N2CCC3(COCc4cnc(NCc5ccccc5)nc43)C2)CC1. The summed E-state index contributed by atoms with van der Waals surface area (Å²) in [4.78, 5) is 24.7. The number of carbonyl (C=O) groups is 1. The summed E-state index contributed by atoms with van der Waals surface area (Å²) in [7, 11) is 0. The number of hydrogen-bond donors (Lipinski definition) is 1. The van der Waals surface area contributed by atoms with Gasteiger partial charge in [0.15, 0.2) is 0 Å². The number of anilines is 1. The highest BCUT2D eigenvalue weighted by molar-refractivity contribution is 5.80. The molecule has 0 bridgehead atoms. The molecule has 31 heavy (non-hydrogen) atoms. The van der Waals surface area contributed by atoms with Gasteiger partial charge in [-0.2, -0.15) is 0 Å². The molecule has 1 spiro atoms. The number of likely N-dealkylation sites (tertiary alicyclic amines) is 1. The maximum Gasteiger partial charge on any atom is 0.226 e. The number of amides is 1. The lowest BCUT2D eigenvalue weighted by atomic mass is 9.80. The highest BCUT2D eigenvalue weighted by Gasteiger charge is 2.47. The van der Waals surface area contributed by atoms with Crippen LogP contribution in [0.4, 0.5) is 5.95 Å². The van der Waals surface area contributed by atoms with Crippen LogP contribution in [0.15, 0.2) is 48.2 Å². The van der Waals surface area contributed by atoms with Crippen LogP contribution in [0.5, 0.6) is 0 Å². The smallest absolute Gasteiger partial charge is 0.226 e. The Morgan fingerprint density at radius 1 is 1.32 bits per heavy atom. The van der Waals surface area contributed by atoms with Crippen molar-refractivity contribution in [1.82, 2.24) is 14.9 Å². The van der Waals surface area contributed by atoms with Gasteiger partial charge in [-0.25, -0.2) is 9.97 Å². The molecule has 1 aromatic heterocycles. The summed E-state index contributed by atoms with van der Waals surface area (Å²) in [5.41, 5.74) is 4.47. The normalized spacial score (nSPS) is 25.3. The lowest BCUT2D eigenvalue weighted by molar-refractivity contribution is -0.135. The molecular formula is C25H30N4O2. The molecule has 1 N–H and O–H groups in total. The van der Waals surface area contributed by atoms with Gasteiger partial charge in [-0.15, -0.1) is 0 Å². The Bertz CT molecular complexity index is 990. The Morgan fingerprint density at radius 3 is 3.00 bits per heavy atom. The number of carbonyl (C=O) groups excluding carboxylic acids is 1. The Kier molecular flexibility index (Phi) is 5.48. The minimum absolute atomic E-state index is 0.122. The molecule has 3 aliphatic rings. The van der Waals surface area contributed by atoms with Crippen molar-refractivity contribution in [3.63, 3.8) is 0 Å². The molecule has 2 aliphatic heterocycles. The Hall–Kier alpha value is -2.73. The summed E-state index contributed by atoms with van der Waals surface area (Å²) in [6.45, 7) is 5.46. The zero-order valence-corrected chi connectivity index (χ0v) is 18.1. The van der Waals surface area contributed by atoms with Crippen molar-refractivity contribution < 1.29 is 9.53 Å². The lowest BCUT2D eigenvalue weighted by Crippen LogP contribution is -2.43. The van der Waals surface area contributed by atoms with Gasteiger partial charge < -0.3 is 15.0 Å². The van der Waals surface area contributed by atoms with Crippen LogP contribution in [-0.4, -0.2) is 40.5 Å². The van der Waals surface area contributed by atoms with Gasteiger partial charge in [0, 0.05) is 37.3 Å². The molecule has 6 nitrogen and oxygen atoms in total. The third-order valence-corrected chi connectivity index (χ3v) is 6.95. The first-order valence-corrected chi connectivity index (χ1v) is 11.3. The van der Waals surface area contributed by atoms with Crippen molar-refractivity contribution in [2.24, 2.45) is 5.92 Å². The van der Waals surface area contributed by atoms with Gasteiger partial charge in [-0.05, 0) is 38.2 Å². The molecule has 1 saturated heterocycles. The van der Waals surface area contributed by atoms with Gasteiger partial charge in [-0.3, -0.25) is 4.79 Å². The van der Waals surface area contributed by atoms with Gasteiger partial charge in [0.2, 0.25) is 11.9 Å². The van der Waals surface area contributed by atoms with Gasteiger partial charge in [0.05, 0.1) is 24.3 Å². The van der Waals surface area contributed by atoms with E-state index in [9.17, 15) is 4.79 Å². The number of allylic oxidation sites excluding steroid dienone is 2. The fourth-order valence-corrected chi connectivity index (χ4v) is 5.08. The van der Waals surface area contributed by atoms with Crippen LogP contribution in [0.2, 0.25) is 0 Å². The molecule has 0 saturated carbocycles. The number of ether oxygens (including phenoxy) is 1. The van der Waals surface area contributed by atoms with Crippen LogP contribution < -0.4 is 5.32 Å². The van der Waals surface area contributed by atoms with E-state index >= 15 is 0 Å². The van der Waals surface area contributed by atoms with Gasteiger partial charge in [0.25, 0.3) is 0 Å². The molecule has 5 rings (SSSR count). The number of rotatable bonds is 4. The fraction of sp³-hybridized carbons (Fsp3) is 0.480. The number of nitrogens with zero attached hydrogens (tertiary/aromatic N) is 3. The van der Waals surface area contributed by atoms with E-state index < -0.39 is 0 Å². The zero-order chi connectivity index (χ0) is 21.3. The van der Waals surface area contributed by atoms with E-state index in [2.05, 4.69) is 40.3 Å². The maximum atomic E-state index is 13.2. The van der Waals surface area contributed by atoms with Crippen molar-refractivity contribution in [3.05, 3.63) is 65.0 Å². The average molecular weight is 419 g/mol. The van der Waals surface area contributed by atoms with Crippen molar-refractivity contribution in [3.8, 4) is 0 Å². The van der Waals surface area contributed by atoms with E-state index in [1.54, 1.807) is 0 Å². The molecule has 1 aliphatic carbocycles. The molecule has 3 heterocycles. The van der Waals surface area contributed by atoms with Gasteiger partial charge in [-0.1, -0.05) is 42.0 Å². The van der Waals surface area contributed by atoms with E-state index in [1.807, 2.05) is 24.4 Å². The predicted octanol–water partition coefficient (Wildman–Crippen LogP) is 3.84. The van der Waals surface area contributed by atoms with Crippen LogP contribution >= 0.6 is 0 Å². The number of fused-ring (bicyclic) bond motifs is 2. The summed E-state index contributed by atoms with van der Waals surface area (Å²) in [5.74, 6) is 1.06. The molecule has 1 aromatic carbocycles. The molecule has 1 amide bonds. The first kappa shape index (κ1) is 20.2. The van der Waals surface area contributed by atoms with E-state index in [4.69, 9.17) is 9.72 Å². The monoisotopic (exact) mass is 418 g/mol. The summed E-state index contributed by atoms with van der Waals surface area (Å²) >= 11 is 0. The van der Waals surface area contributed by atoms with Crippen molar-refractivity contribution in [2.75, 3.05) is 25.0 Å². The van der Waals surface area contributed by atoms with Crippen LogP contribution in [0, 0.1) is 5.92 Å². The van der Waals surface area contributed by atoms with Crippen LogP contribution in [0.3, 0.4) is 0 Å². The third kappa shape index (κ3) is 4.09. The van der Waals surface area contributed by atoms with E-state index in [0.717, 1.165) is 43.5 Å². The fourth-order valence-electron chi connectivity index (χ4n) is 5.08. The zero-order valence-electron chi connectivity index (χ0n) is 18.1. The van der Waals surface area contributed by atoms with E-state index in [1.165, 1.54) is 11.1 Å². The lowest BCUT2D eigenvalue weighted by Gasteiger charge is -2.35. The second-order valence-corrected chi connectivity index (χ2v) is 9.21. The second-order valence-electron chi connectivity index (χ2n) is 9.21. The van der Waals surface area contributed by atoms with Crippen LogP contribution in [0.25, 0.3) is 0 Å². The van der Waals surface area contributed by atoms with E-state index in [-0.39, 0.29) is 11.3 Å². The third-order valence-electron chi connectivity index (χ3n) is 6.95. The highest BCUT2D eigenvalue weighted by atomic mass is 16.5. The minimum atomic E-state index is -0.226.